The Morgan fingerprint density at radius 3 is 2.09 bits per heavy atom. The molecule has 1 amide bonds. The molecule has 5 nitrogen and oxygen atoms in total. The maximum Gasteiger partial charge on any atom is 0.251 e. The Morgan fingerprint density at radius 1 is 0.719 bits per heavy atom. The average molecular weight is 428 g/mol. The smallest absolute Gasteiger partial charge is 0.251 e. The molecule has 32 heavy (non-hydrogen) atoms. The molecule has 0 aliphatic heterocycles. The summed E-state index contributed by atoms with van der Waals surface area (Å²) in [6, 6.07) is 28.8. The second-order valence-electron chi connectivity index (χ2n) is 7.27. The molecule has 4 aromatic rings. The average Bonchev–Trinajstić information content (AvgIpc) is 2.85. The van der Waals surface area contributed by atoms with Crippen molar-refractivity contribution in [1.29, 1.82) is 0 Å². The molecule has 4 rings (SSSR count). The minimum atomic E-state index is -0.0980. The van der Waals surface area contributed by atoms with Gasteiger partial charge in [0, 0.05) is 12.1 Å². The zero-order chi connectivity index (χ0) is 22.2. The predicted molar refractivity (Wildman–Crippen MR) is 126 cm³/mol. The quantitative estimate of drug-likeness (QED) is 0.371. The summed E-state index contributed by atoms with van der Waals surface area (Å²) in [7, 11) is 1.66. The van der Waals surface area contributed by atoms with E-state index in [0.29, 0.717) is 25.3 Å². The van der Waals surface area contributed by atoms with Crippen molar-refractivity contribution in [3.63, 3.8) is 0 Å². The van der Waals surface area contributed by atoms with Gasteiger partial charge in [-0.05, 0) is 64.9 Å². The second kappa shape index (κ2) is 10.4. The molecule has 0 atom stereocenters. The van der Waals surface area contributed by atoms with E-state index in [1.54, 1.807) is 19.2 Å². The van der Waals surface area contributed by atoms with Gasteiger partial charge in [0.25, 0.3) is 5.91 Å². The lowest BCUT2D eigenvalue weighted by Crippen LogP contribution is -2.22. The van der Waals surface area contributed by atoms with Crippen molar-refractivity contribution in [2.75, 3.05) is 20.3 Å². The number of carbonyl (C=O) groups excluding carboxylic acids is 1. The molecule has 0 bridgehead atoms. The first-order valence-corrected chi connectivity index (χ1v) is 10.5. The lowest BCUT2D eigenvalue weighted by atomic mass is 10.1. The molecule has 0 heterocycles. The lowest BCUT2D eigenvalue weighted by Gasteiger charge is -2.11. The first kappa shape index (κ1) is 21.2. The number of hydrogen-bond acceptors (Lipinski definition) is 4. The Labute approximate surface area is 187 Å². The minimum Gasteiger partial charge on any atom is -0.497 e. The number of fused-ring (bicyclic) bond motifs is 1. The van der Waals surface area contributed by atoms with Gasteiger partial charge in [0.2, 0.25) is 0 Å². The van der Waals surface area contributed by atoms with Crippen LogP contribution in [-0.2, 0) is 6.54 Å². The summed E-state index contributed by atoms with van der Waals surface area (Å²) in [5.74, 6) is 2.27. The van der Waals surface area contributed by atoms with Gasteiger partial charge in [-0.15, -0.1) is 0 Å². The SMILES string of the molecule is COc1ccc2cc(OCCOc3cccc(CNC(=O)c4ccccc4)c3)ccc2c1. The molecular formula is C27H25NO4. The molecule has 4 aromatic carbocycles. The van der Waals surface area contributed by atoms with Crippen LogP contribution < -0.4 is 19.5 Å². The molecule has 0 aliphatic carbocycles. The topological polar surface area (TPSA) is 56.8 Å². The van der Waals surface area contributed by atoms with Gasteiger partial charge in [-0.1, -0.05) is 42.5 Å². The van der Waals surface area contributed by atoms with Crippen molar-refractivity contribution in [3.05, 3.63) is 102 Å². The first-order chi connectivity index (χ1) is 15.7. The number of methoxy groups -OCH3 is 1. The molecular weight excluding hydrogens is 402 g/mol. The van der Waals surface area contributed by atoms with Gasteiger partial charge in [0.15, 0.2) is 0 Å². The molecule has 0 saturated heterocycles. The maximum atomic E-state index is 12.2. The highest BCUT2D eigenvalue weighted by Crippen LogP contribution is 2.25. The number of ether oxygens (including phenoxy) is 3. The van der Waals surface area contributed by atoms with E-state index >= 15 is 0 Å². The Kier molecular flexibility index (Phi) is 6.88. The molecule has 1 N–H and O–H groups in total. The van der Waals surface area contributed by atoms with E-state index in [2.05, 4.69) is 5.32 Å². The summed E-state index contributed by atoms with van der Waals surface area (Å²) in [5, 5.41) is 5.12. The van der Waals surface area contributed by atoms with E-state index in [1.165, 1.54) is 0 Å². The zero-order valence-corrected chi connectivity index (χ0v) is 17.9. The van der Waals surface area contributed by atoms with Gasteiger partial charge < -0.3 is 19.5 Å². The third-order valence-corrected chi connectivity index (χ3v) is 5.03. The van der Waals surface area contributed by atoms with Gasteiger partial charge in [0.1, 0.15) is 30.5 Å². The maximum absolute atomic E-state index is 12.2. The summed E-state index contributed by atoms with van der Waals surface area (Å²) in [4.78, 5) is 12.2. The Balaban J connectivity index is 1.25. The van der Waals surface area contributed by atoms with Gasteiger partial charge in [0.05, 0.1) is 7.11 Å². The number of hydrogen-bond donors (Lipinski definition) is 1. The van der Waals surface area contributed by atoms with E-state index in [0.717, 1.165) is 33.6 Å². The van der Waals surface area contributed by atoms with E-state index in [1.807, 2.05) is 78.9 Å². The fourth-order valence-electron chi connectivity index (χ4n) is 3.36. The van der Waals surface area contributed by atoms with Crippen molar-refractivity contribution in [2.45, 2.75) is 6.54 Å². The number of carbonyl (C=O) groups is 1. The summed E-state index contributed by atoms with van der Waals surface area (Å²) in [6.45, 7) is 1.28. The van der Waals surface area contributed by atoms with Crippen LogP contribution in [0.5, 0.6) is 17.2 Å². The molecule has 0 spiro atoms. The number of nitrogens with one attached hydrogen (secondary N) is 1. The van der Waals surface area contributed by atoms with E-state index < -0.39 is 0 Å². The van der Waals surface area contributed by atoms with Gasteiger partial charge >= 0.3 is 0 Å². The van der Waals surface area contributed by atoms with E-state index in [-0.39, 0.29) is 5.91 Å². The zero-order valence-electron chi connectivity index (χ0n) is 17.9. The molecule has 0 aliphatic rings. The van der Waals surface area contributed by atoms with Gasteiger partial charge in [-0.3, -0.25) is 4.79 Å². The molecule has 0 radical (unpaired) electrons. The number of amides is 1. The van der Waals surface area contributed by atoms with Gasteiger partial charge in [-0.25, -0.2) is 0 Å². The second-order valence-corrected chi connectivity index (χ2v) is 7.27. The van der Waals surface area contributed by atoms with Crippen LogP contribution in [-0.4, -0.2) is 26.2 Å². The number of rotatable bonds is 9. The fourth-order valence-corrected chi connectivity index (χ4v) is 3.36. The predicted octanol–water partition coefficient (Wildman–Crippen LogP) is 5.24. The lowest BCUT2D eigenvalue weighted by molar-refractivity contribution is 0.0951. The molecule has 0 unspecified atom stereocenters. The number of benzene rings is 4. The fraction of sp³-hybridized carbons (Fsp3) is 0.148. The molecule has 162 valence electrons. The van der Waals surface area contributed by atoms with E-state index in [4.69, 9.17) is 14.2 Å². The van der Waals surface area contributed by atoms with Crippen molar-refractivity contribution < 1.29 is 19.0 Å². The van der Waals surface area contributed by atoms with Crippen molar-refractivity contribution in [3.8, 4) is 17.2 Å². The summed E-state index contributed by atoms with van der Waals surface area (Å²) < 4.78 is 16.9. The van der Waals surface area contributed by atoms with Crippen LogP contribution in [0.4, 0.5) is 0 Å². The first-order valence-electron chi connectivity index (χ1n) is 10.5. The third kappa shape index (κ3) is 5.58. The van der Waals surface area contributed by atoms with Gasteiger partial charge in [-0.2, -0.15) is 0 Å². The molecule has 0 fully saturated rings. The van der Waals surface area contributed by atoms with Crippen molar-refractivity contribution >= 4 is 16.7 Å². The van der Waals surface area contributed by atoms with Crippen LogP contribution in [0.15, 0.2) is 91.0 Å². The third-order valence-electron chi connectivity index (χ3n) is 5.03. The van der Waals surface area contributed by atoms with Crippen LogP contribution in [0.25, 0.3) is 10.8 Å². The highest BCUT2D eigenvalue weighted by molar-refractivity contribution is 5.94. The van der Waals surface area contributed by atoms with Crippen LogP contribution in [0.2, 0.25) is 0 Å². The summed E-state index contributed by atoms with van der Waals surface area (Å²) >= 11 is 0. The summed E-state index contributed by atoms with van der Waals surface area (Å²) in [6.07, 6.45) is 0. The molecule has 0 aromatic heterocycles. The highest BCUT2D eigenvalue weighted by atomic mass is 16.5. The van der Waals surface area contributed by atoms with Crippen molar-refractivity contribution in [2.24, 2.45) is 0 Å². The minimum absolute atomic E-state index is 0.0980. The Morgan fingerprint density at radius 2 is 1.38 bits per heavy atom. The normalized spacial score (nSPS) is 10.5. The van der Waals surface area contributed by atoms with Crippen LogP contribution in [0.3, 0.4) is 0 Å². The molecule has 5 heteroatoms. The van der Waals surface area contributed by atoms with Crippen LogP contribution in [0.1, 0.15) is 15.9 Å². The molecule has 0 saturated carbocycles. The summed E-state index contributed by atoms with van der Waals surface area (Å²) in [5.41, 5.74) is 1.61. The largest absolute Gasteiger partial charge is 0.497 e. The Bertz CT molecular complexity index is 1190. The van der Waals surface area contributed by atoms with Crippen LogP contribution in [0, 0.1) is 0 Å². The van der Waals surface area contributed by atoms with Crippen LogP contribution >= 0.6 is 0 Å². The monoisotopic (exact) mass is 427 g/mol. The van der Waals surface area contributed by atoms with E-state index in [9.17, 15) is 4.79 Å². The highest BCUT2D eigenvalue weighted by Gasteiger charge is 2.05. The standard InChI is InChI=1S/C27H25NO4/c1-30-24-12-10-23-18-26(13-11-22(23)17-24)32-15-14-31-25-9-5-6-20(16-25)19-28-27(29)21-7-3-2-4-8-21/h2-13,16-18H,14-15,19H2,1H3,(H,28,29). The van der Waals surface area contributed by atoms with Crippen molar-refractivity contribution in [1.82, 2.24) is 5.32 Å². The Hall–Kier alpha value is -3.99.